The molecule has 1 aromatic heterocycles. The van der Waals surface area contributed by atoms with Crippen molar-refractivity contribution in [3.8, 4) is 0 Å². The number of benzene rings is 1. The SMILES string of the molecule is O=C(Cc1cccc([N+](=O)[O-])c1)c1cccnc1. The molecule has 0 bridgehead atoms. The minimum atomic E-state index is -0.474. The van der Waals surface area contributed by atoms with Crippen molar-refractivity contribution in [2.45, 2.75) is 6.42 Å². The minimum Gasteiger partial charge on any atom is -0.294 e. The van der Waals surface area contributed by atoms with Crippen LogP contribution in [0.25, 0.3) is 0 Å². The van der Waals surface area contributed by atoms with Gasteiger partial charge in [0.1, 0.15) is 0 Å². The summed E-state index contributed by atoms with van der Waals surface area (Å²) in [5.41, 5.74) is 1.12. The first-order valence-electron chi connectivity index (χ1n) is 5.33. The van der Waals surface area contributed by atoms with E-state index in [1.54, 1.807) is 30.5 Å². The Morgan fingerprint density at radius 1 is 1.28 bits per heavy atom. The Hall–Kier alpha value is -2.56. The Balaban J connectivity index is 2.17. The number of hydrogen-bond donors (Lipinski definition) is 0. The van der Waals surface area contributed by atoms with Crippen molar-refractivity contribution >= 4 is 11.5 Å². The van der Waals surface area contributed by atoms with Crippen molar-refractivity contribution in [3.63, 3.8) is 0 Å². The van der Waals surface area contributed by atoms with Crippen LogP contribution < -0.4 is 0 Å². The molecular weight excluding hydrogens is 232 g/mol. The van der Waals surface area contributed by atoms with Crippen molar-refractivity contribution in [2.24, 2.45) is 0 Å². The van der Waals surface area contributed by atoms with Crippen molar-refractivity contribution < 1.29 is 9.72 Å². The molecule has 0 aliphatic rings. The highest BCUT2D eigenvalue weighted by atomic mass is 16.6. The summed E-state index contributed by atoms with van der Waals surface area (Å²) in [7, 11) is 0. The van der Waals surface area contributed by atoms with Gasteiger partial charge in [0.25, 0.3) is 5.69 Å². The van der Waals surface area contributed by atoms with E-state index in [2.05, 4.69) is 4.98 Å². The normalized spacial score (nSPS) is 10.0. The number of rotatable bonds is 4. The second-order valence-electron chi connectivity index (χ2n) is 3.77. The molecule has 0 radical (unpaired) electrons. The van der Waals surface area contributed by atoms with Gasteiger partial charge in [-0.2, -0.15) is 0 Å². The molecule has 0 spiro atoms. The number of carbonyl (C=O) groups is 1. The molecule has 0 amide bonds. The highest BCUT2D eigenvalue weighted by molar-refractivity contribution is 5.97. The molecule has 5 heteroatoms. The molecule has 0 N–H and O–H groups in total. The van der Waals surface area contributed by atoms with E-state index in [-0.39, 0.29) is 17.9 Å². The Bertz CT molecular complexity index is 582. The van der Waals surface area contributed by atoms with Crippen LogP contribution in [0.2, 0.25) is 0 Å². The summed E-state index contributed by atoms with van der Waals surface area (Å²) in [6, 6.07) is 9.44. The average Bonchev–Trinajstić information content (AvgIpc) is 2.40. The zero-order valence-corrected chi connectivity index (χ0v) is 9.45. The van der Waals surface area contributed by atoms with Crippen molar-refractivity contribution in [1.29, 1.82) is 0 Å². The van der Waals surface area contributed by atoms with Crippen LogP contribution in [-0.4, -0.2) is 15.7 Å². The van der Waals surface area contributed by atoms with Crippen LogP contribution in [0.15, 0.2) is 48.8 Å². The number of non-ortho nitro benzene ring substituents is 1. The third kappa shape index (κ3) is 2.76. The number of ketones is 1. The predicted molar refractivity (Wildman–Crippen MR) is 65.4 cm³/mol. The number of pyridine rings is 1. The smallest absolute Gasteiger partial charge is 0.269 e. The number of aromatic nitrogens is 1. The van der Waals surface area contributed by atoms with Gasteiger partial charge in [-0.1, -0.05) is 12.1 Å². The van der Waals surface area contributed by atoms with Crippen LogP contribution >= 0.6 is 0 Å². The summed E-state index contributed by atoms with van der Waals surface area (Å²) in [6.45, 7) is 0. The monoisotopic (exact) mass is 242 g/mol. The molecule has 0 saturated heterocycles. The quantitative estimate of drug-likeness (QED) is 0.469. The van der Waals surface area contributed by atoms with Crippen molar-refractivity contribution in [1.82, 2.24) is 4.98 Å². The fourth-order valence-corrected chi connectivity index (χ4v) is 1.60. The summed E-state index contributed by atoms with van der Waals surface area (Å²) in [5.74, 6) is -0.108. The van der Waals surface area contributed by atoms with E-state index < -0.39 is 4.92 Å². The van der Waals surface area contributed by atoms with E-state index in [9.17, 15) is 14.9 Å². The zero-order valence-electron chi connectivity index (χ0n) is 9.45. The summed E-state index contributed by atoms with van der Waals surface area (Å²) in [5, 5.41) is 10.6. The summed E-state index contributed by atoms with van der Waals surface area (Å²) in [6.07, 6.45) is 3.21. The average molecular weight is 242 g/mol. The first-order chi connectivity index (χ1) is 8.66. The molecule has 0 atom stereocenters. The first-order valence-corrected chi connectivity index (χ1v) is 5.33. The van der Waals surface area contributed by atoms with Crippen LogP contribution in [-0.2, 0) is 6.42 Å². The third-order valence-corrected chi connectivity index (χ3v) is 2.47. The lowest BCUT2D eigenvalue weighted by Gasteiger charge is -2.01. The second kappa shape index (κ2) is 5.18. The number of nitro groups is 1. The van der Waals surface area contributed by atoms with Crippen LogP contribution in [0.5, 0.6) is 0 Å². The van der Waals surface area contributed by atoms with E-state index in [1.807, 2.05) is 0 Å². The van der Waals surface area contributed by atoms with Gasteiger partial charge in [-0.15, -0.1) is 0 Å². The maximum absolute atomic E-state index is 11.9. The maximum atomic E-state index is 11.9. The molecule has 2 rings (SSSR count). The number of Topliss-reactive ketones (excluding diaryl/α,β-unsaturated/α-hetero) is 1. The fourth-order valence-electron chi connectivity index (χ4n) is 1.60. The second-order valence-corrected chi connectivity index (χ2v) is 3.77. The summed E-state index contributed by atoms with van der Waals surface area (Å²) >= 11 is 0. The Kier molecular flexibility index (Phi) is 3.43. The molecule has 1 aromatic carbocycles. The minimum absolute atomic E-state index is 0.00788. The lowest BCUT2D eigenvalue weighted by molar-refractivity contribution is -0.384. The van der Waals surface area contributed by atoms with Gasteiger partial charge in [-0.05, 0) is 17.7 Å². The van der Waals surface area contributed by atoms with Crippen LogP contribution in [0.3, 0.4) is 0 Å². The van der Waals surface area contributed by atoms with Gasteiger partial charge in [-0.3, -0.25) is 19.9 Å². The van der Waals surface area contributed by atoms with Crippen molar-refractivity contribution in [3.05, 3.63) is 70.0 Å². The molecular formula is C13H10N2O3. The van der Waals surface area contributed by atoms with Crippen LogP contribution in [0.1, 0.15) is 15.9 Å². The summed E-state index contributed by atoms with van der Waals surface area (Å²) < 4.78 is 0. The number of nitro benzene ring substituents is 1. The topological polar surface area (TPSA) is 73.1 Å². The Morgan fingerprint density at radius 3 is 2.78 bits per heavy atom. The number of nitrogens with zero attached hydrogens (tertiary/aromatic N) is 2. The largest absolute Gasteiger partial charge is 0.294 e. The summed E-state index contributed by atoms with van der Waals surface area (Å²) in [4.78, 5) is 25.9. The van der Waals surface area contributed by atoms with E-state index in [0.29, 0.717) is 11.1 Å². The van der Waals surface area contributed by atoms with E-state index in [0.717, 1.165) is 0 Å². The fraction of sp³-hybridized carbons (Fsp3) is 0.0769. The lowest BCUT2D eigenvalue weighted by atomic mass is 10.0. The highest BCUT2D eigenvalue weighted by Crippen LogP contribution is 2.14. The molecule has 0 saturated carbocycles. The van der Waals surface area contributed by atoms with Crippen molar-refractivity contribution in [2.75, 3.05) is 0 Å². The molecule has 18 heavy (non-hydrogen) atoms. The van der Waals surface area contributed by atoms with Gasteiger partial charge < -0.3 is 0 Å². The van der Waals surface area contributed by atoms with E-state index in [4.69, 9.17) is 0 Å². The van der Waals surface area contributed by atoms with E-state index in [1.165, 1.54) is 18.3 Å². The molecule has 0 aliphatic carbocycles. The molecule has 90 valence electrons. The van der Waals surface area contributed by atoms with Crippen LogP contribution in [0, 0.1) is 10.1 Å². The Labute approximate surface area is 103 Å². The molecule has 5 nitrogen and oxygen atoms in total. The van der Waals surface area contributed by atoms with Gasteiger partial charge in [0.15, 0.2) is 5.78 Å². The zero-order chi connectivity index (χ0) is 13.0. The molecule has 1 heterocycles. The molecule has 0 unspecified atom stereocenters. The molecule has 0 fully saturated rings. The standard InChI is InChI=1S/C13H10N2O3/c16-13(11-4-2-6-14-9-11)8-10-3-1-5-12(7-10)15(17)18/h1-7,9H,8H2. The third-order valence-electron chi connectivity index (χ3n) is 2.47. The first kappa shape index (κ1) is 11.9. The van der Waals surface area contributed by atoms with Gasteiger partial charge in [0, 0.05) is 36.5 Å². The molecule has 0 aliphatic heterocycles. The predicted octanol–water partition coefficient (Wildman–Crippen LogP) is 2.42. The van der Waals surface area contributed by atoms with Gasteiger partial charge in [0.2, 0.25) is 0 Å². The van der Waals surface area contributed by atoms with Gasteiger partial charge in [-0.25, -0.2) is 0 Å². The van der Waals surface area contributed by atoms with Crippen LogP contribution in [0.4, 0.5) is 5.69 Å². The highest BCUT2D eigenvalue weighted by Gasteiger charge is 2.10. The van der Waals surface area contributed by atoms with Gasteiger partial charge >= 0.3 is 0 Å². The van der Waals surface area contributed by atoms with E-state index >= 15 is 0 Å². The number of carbonyl (C=O) groups excluding carboxylic acids is 1. The van der Waals surface area contributed by atoms with Gasteiger partial charge in [0.05, 0.1) is 4.92 Å². The molecule has 2 aromatic rings. The Morgan fingerprint density at radius 2 is 2.11 bits per heavy atom. The maximum Gasteiger partial charge on any atom is 0.269 e. The number of hydrogen-bond acceptors (Lipinski definition) is 4. The lowest BCUT2D eigenvalue weighted by Crippen LogP contribution is -2.04.